The molecule has 0 amide bonds. The second kappa shape index (κ2) is 5.86. The third kappa shape index (κ3) is 3.44. The Morgan fingerprint density at radius 3 is 2.33 bits per heavy atom. The van der Waals surface area contributed by atoms with Gasteiger partial charge in [0.15, 0.2) is 0 Å². The molecule has 2 rings (SSSR count). The van der Waals surface area contributed by atoms with Crippen molar-refractivity contribution < 1.29 is 8.42 Å². The Bertz CT molecular complexity index is 364. The molecule has 1 aliphatic carbocycles. The predicted octanol–water partition coefficient (Wildman–Crippen LogP) is 0.0942. The first-order chi connectivity index (χ1) is 8.50. The van der Waals surface area contributed by atoms with Gasteiger partial charge in [-0.15, -0.1) is 0 Å². The average Bonchev–Trinajstić information content (AvgIpc) is 2.38. The van der Waals surface area contributed by atoms with Crippen molar-refractivity contribution in [2.75, 3.05) is 39.5 Å². The molecule has 0 spiro atoms. The van der Waals surface area contributed by atoms with Gasteiger partial charge in [-0.2, -0.15) is 4.31 Å². The highest BCUT2D eigenvalue weighted by Crippen LogP contribution is 2.24. The monoisotopic (exact) mass is 275 g/mol. The molecule has 2 atom stereocenters. The van der Waals surface area contributed by atoms with Crippen LogP contribution in [0.4, 0.5) is 0 Å². The first kappa shape index (κ1) is 14.2. The summed E-state index contributed by atoms with van der Waals surface area (Å²) >= 11 is 0. The van der Waals surface area contributed by atoms with Crippen LogP contribution in [0.1, 0.15) is 25.7 Å². The molecule has 1 heterocycles. The maximum Gasteiger partial charge on any atom is 0.211 e. The van der Waals surface area contributed by atoms with E-state index in [0.717, 1.165) is 13.1 Å². The molecular formula is C12H25N3O2S. The van der Waals surface area contributed by atoms with Gasteiger partial charge < -0.3 is 5.32 Å². The molecule has 106 valence electrons. The number of nitrogens with one attached hydrogen (secondary N) is 1. The molecule has 1 aliphatic heterocycles. The molecule has 0 bridgehead atoms. The quantitative estimate of drug-likeness (QED) is 0.793. The van der Waals surface area contributed by atoms with Crippen molar-refractivity contribution in [2.24, 2.45) is 0 Å². The van der Waals surface area contributed by atoms with Gasteiger partial charge in [0, 0.05) is 38.3 Å². The van der Waals surface area contributed by atoms with Crippen LogP contribution in [0, 0.1) is 0 Å². The number of piperazine rings is 1. The standard InChI is InChI=1S/C12H25N3O2S/c1-13-11-4-3-5-12(10-11)14-6-8-15(9-7-14)18(2,16)17/h11-13H,3-10H2,1-2H3. The fraction of sp³-hybridized carbons (Fsp3) is 1.00. The van der Waals surface area contributed by atoms with Gasteiger partial charge >= 0.3 is 0 Å². The van der Waals surface area contributed by atoms with Crippen molar-refractivity contribution in [1.29, 1.82) is 0 Å². The van der Waals surface area contributed by atoms with E-state index >= 15 is 0 Å². The zero-order chi connectivity index (χ0) is 13.2. The smallest absolute Gasteiger partial charge is 0.211 e. The van der Waals surface area contributed by atoms with Gasteiger partial charge in [-0.1, -0.05) is 6.42 Å². The topological polar surface area (TPSA) is 52.6 Å². The lowest BCUT2D eigenvalue weighted by atomic mass is 9.90. The predicted molar refractivity (Wildman–Crippen MR) is 73.1 cm³/mol. The Morgan fingerprint density at radius 2 is 1.78 bits per heavy atom. The van der Waals surface area contributed by atoms with Crippen molar-refractivity contribution in [3.05, 3.63) is 0 Å². The molecule has 1 saturated carbocycles. The lowest BCUT2D eigenvalue weighted by Gasteiger charge is -2.41. The number of hydrogen-bond donors (Lipinski definition) is 1. The van der Waals surface area contributed by atoms with Crippen molar-refractivity contribution in [2.45, 2.75) is 37.8 Å². The highest BCUT2D eigenvalue weighted by Gasteiger charge is 2.30. The van der Waals surface area contributed by atoms with Crippen LogP contribution in [0.25, 0.3) is 0 Å². The van der Waals surface area contributed by atoms with Crippen molar-refractivity contribution in [3.63, 3.8) is 0 Å². The fourth-order valence-corrected chi connectivity index (χ4v) is 3.98. The van der Waals surface area contributed by atoms with E-state index in [9.17, 15) is 8.42 Å². The second-order valence-electron chi connectivity index (χ2n) is 5.50. The van der Waals surface area contributed by atoms with E-state index in [1.165, 1.54) is 31.9 Å². The van der Waals surface area contributed by atoms with Crippen LogP contribution < -0.4 is 5.32 Å². The minimum atomic E-state index is -3.00. The average molecular weight is 275 g/mol. The molecule has 1 saturated heterocycles. The lowest BCUT2D eigenvalue weighted by molar-refractivity contribution is 0.102. The minimum absolute atomic E-state index is 0.636. The summed E-state index contributed by atoms with van der Waals surface area (Å²) in [4.78, 5) is 2.48. The largest absolute Gasteiger partial charge is 0.317 e. The van der Waals surface area contributed by atoms with Gasteiger partial charge in [0.05, 0.1) is 6.26 Å². The van der Waals surface area contributed by atoms with Crippen LogP contribution in [-0.4, -0.2) is 69.2 Å². The Morgan fingerprint density at radius 1 is 1.11 bits per heavy atom. The normalized spacial score (nSPS) is 32.6. The van der Waals surface area contributed by atoms with E-state index in [2.05, 4.69) is 10.2 Å². The first-order valence-electron chi connectivity index (χ1n) is 6.87. The summed E-state index contributed by atoms with van der Waals surface area (Å²) in [5, 5.41) is 3.37. The fourth-order valence-electron chi connectivity index (χ4n) is 3.16. The third-order valence-corrected chi connectivity index (χ3v) is 5.62. The Hall–Kier alpha value is -0.170. The third-order valence-electron chi connectivity index (χ3n) is 4.31. The molecular weight excluding hydrogens is 250 g/mol. The number of sulfonamides is 1. The zero-order valence-electron chi connectivity index (χ0n) is 11.4. The molecule has 0 aromatic heterocycles. The molecule has 1 N–H and O–H groups in total. The van der Waals surface area contributed by atoms with Gasteiger partial charge in [0.2, 0.25) is 10.0 Å². The van der Waals surface area contributed by atoms with Crippen molar-refractivity contribution >= 4 is 10.0 Å². The molecule has 0 aromatic rings. The first-order valence-corrected chi connectivity index (χ1v) is 8.72. The SMILES string of the molecule is CNC1CCCC(N2CCN(S(C)(=O)=O)CC2)C1. The van der Waals surface area contributed by atoms with Crippen molar-refractivity contribution in [1.82, 2.24) is 14.5 Å². The lowest BCUT2D eigenvalue weighted by Crippen LogP contribution is -2.53. The number of rotatable bonds is 3. The van der Waals surface area contributed by atoms with E-state index in [-0.39, 0.29) is 0 Å². The summed E-state index contributed by atoms with van der Waals surface area (Å²) in [6, 6.07) is 1.27. The molecule has 6 heteroatoms. The van der Waals surface area contributed by atoms with Gasteiger partial charge in [-0.3, -0.25) is 4.90 Å². The van der Waals surface area contributed by atoms with Gasteiger partial charge in [-0.25, -0.2) is 8.42 Å². The van der Waals surface area contributed by atoms with Crippen LogP contribution in [0.5, 0.6) is 0 Å². The van der Waals surface area contributed by atoms with E-state index in [0.29, 0.717) is 25.2 Å². The summed E-state index contributed by atoms with van der Waals surface area (Å²) in [6.45, 7) is 3.07. The summed E-state index contributed by atoms with van der Waals surface area (Å²) in [6.07, 6.45) is 6.32. The summed E-state index contributed by atoms with van der Waals surface area (Å²) in [5.41, 5.74) is 0. The van der Waals surface area contributed by atoms with Crippen LogP contribution in [-0.2, 0) is 10.0 Å². The second-order valence-corrected chi connectivity index (χ2v) is 7.49. The van der Waals surface area contributed by atoms with E-state index in [1.54, 1.807) is 4.31 Å². The highest BCUT2D eigenvalue weighted by molar-refractivity contribution is 7.88. The number of nitrogens with zero attached hydrogens (tertiary/aromatic N) is 2. The molecule has 2 aliphatic rings. The maximum atomic E-state index is 11.5. The van der Waals surface area contributed by atoms with Crippen LogP contribution in [0.2, 0.25) is 0 Å². The van der Waals surface area contributed by atoms with E-state index in [1.807, 2.05) is 7.05 Å². The molecule has 0 aromatic carbocycles. The van der Waals surface area contributed by atoms with E-state index < -0.39 is 10.0 Å². The summed E-state index contributed by atoms with van der Waals surface area (Å²) < 4.78 is 24.5. The van der Waals surface area contributed by atoms with E-state index in [4.69, 9.17) is 0 Å². The highest BCUT2D eigenvalue weighted by atomic mass is 32.2. The number of hydrogen-bond acceptors (Lipinski definition) is 4. The van der Waals surface area contributed by atoms with Crippen LogP contribution >= 0.6 is 0 Å². The summed E-state index contributed by atoms with van der Waals surface area (Å²) in [5.74, 6) is 0. The molecule has 18 heavy (non-hydrogen) atoms. The van der Waals surface area contributed by atoms with Crippen molar-refractivity contribution in [3.8, 4) is 0 Å². The maximum absolute atomic E-state index is 11.5. The molecule has 2 unspecified atom stereocenters. The Balaban J connectivity index is 1.86. The molecule has 0 radical (unpaired) electrons. The van der Waals surface area contributed by atoms with Gasteiger partial charge in [0.25, 0.3) is 0 Å². The van der Waals surface area contributed by atoms with Gasteiger partial charge in [0.1, 0.15) is 0 Å². The Labute approximate surface area is 111 Å². The Kier molecular flexibility index (Phi) is 4.64. The molecule has 5 nitrogen and oxygen atoms in total. The van der Waals surface area contributed by atoms with Crippen LogP contribution in [0.3, 0.4) is 0 Å². The zero-order valence-corrected chi connectivity index (χ0v) is 12.2. The molecule has 2 fully saturated rings. The van der Waals surface area contributed by atoms with Gasteiger partial charge in [-0.05, 0) is 26.3 Å². The van der Waals surface area contributed by atoms with Crippen LogP contribution in [0.15, 0.2) is 0 Å². The minimum Gasteiger partial charge on any atom is -0.317 e. The summed E-state index contributed by atoms with van der Waals surface area (Å²) in [7, 11) is -0.965.